The quantitative estimate of drug-likeness (QED) is 0.703. The lowest BCUT2D eigenvalue weighted by Crippen LogP contribution is -2.26. The Bertz CT molecular complexity index is 840. The predicted octanol–water partition coefficient (Wildman–Crippen LogP) is 2.39. The van der Waals surface area contributed by atoms with Crippen molar-refractivity contribution in [3.8, 4) is 0 Å². The van der Waals surface area contributed by atoms with E-state index in [0.29, 0.717) is 13.0 Å². The fourth-order valence-corrected chi connectivity index (χ4v) is 3.19. The van der Waals surface area contributed by atoms with Gasteiger partial charge < -0.3 is 10.1 Å². The second-order valence-electron chi connectivity index (χ2n) is 5.21. The zero-order valence-electron chi connectivity index (χ0n) is 13.7. The van der Waals surface area contributed by atoms with Crippen LogP contribution < -0.4 is 10.0 Å². The van der Waals surface area contributed by atoms with Crippen LogP contribution >= 0.6 is 0 Å². The summed E-state index contributed by atoms with van der Waals surface area (Å²) in [5, 5.41) is 2.42. The molecule has 2 N–H and O–H groups in total. The number of anilines is 1. The molecule has 2 rings (SSSR count). The maximum absolute atomic E-state index is 13.6. The summed E-state index contributed by atoms with van der Waals surface area (Å²) in [4.78, 5) is 12.2. The molecular formula is C17H19FN2O4S. The van der Waals surface area contributed by atoms with E-state index in [0.717, 1.165) is 0 Å². The van der Waals surface area contributed by atoms with Gasteiger partial charge in [0.1, 0.15) is 5.82 Å². The predicted molar refractivity (Wildman–Crippen MR) is 92.5 cm³/mol. The van der Waals surface area contributed by atoms with Crippen molar-refractivity contribution in [2.24, 2.45) is 0 Å². The highest BCUT2D eigenvalue weighted by molar-refractivity contribution is 7.89. The Kier molecular flexibility index (Phi) is 6.63. The number of halogens is 1. The molecular weight excluding hydrogens is 347 g/mol. The maximum Gasteiger partial charge on any atom is 0.255 e. The molecule has 0 heterocycles. The van der Waals surface area contributed by atoms with Crippen LogP contribution in [0.4, 0.5) is 10.1 Å². The number of carbonyl (C=O) groups excluding carboxylic acids is 1. The van der Waals surface area contributed by atoms with Gasteiger partial charge in [0.2, 0.25) is 10.0 Å². The summed E-state index contributed by atoms with van der Waals surface area (Å²) in [5.74, 6) is -1.17. The number of benzene rings is 2. The third-order valence-electron chi connectivity index (χ3n) is 3.35. The molecule has 0 aliphatic rings. The minimum absolute atomic E-state index is 0.0263. The van der Waals surface area contributed by atoms with E-state index in [4.69, 9.17) is 4.74 Å². The van der Waals surface area contributed by atoms with Crippen molar-refractivity contribution in [2.75, 3.05) is 25.6 Å². The van der Waals surface area contributed by atoms with Gasteiger partial charge in [0.15, 0.2) is 0 Å². The van der Waals surface area contributed by atoms with Gasteiger partial charge in [0.25, 0.3) is 5.91 Å². The summed E-state index contributed by atoms with van der Waals surface area (Å²) < 4.78 is 45.4. The molecule has 25 heavy (non-hydrogen) atoms. The van der Waals surface area contributed by atoms with Gasteiger partial charge in [-0.2, -0.15) is 0 Å². The van der Waals surface area contributed by atoms with Crippen molar-refractivity contribution in [2.45, 2.75) is 11.3 Å². The van der Waals surface area contributed by atoms with Crippen molar-refractivity contribution in [3.63, 3.8) is 0 Å². The van der Waals surface area contributed by atoms with E-state index in [9.17, 15) is 17.6 Å². The number of carbonyl (C=O) groups is 1. The van der Waals surface area contributed by atoms with Gasteiger partial charge >= 0.3 is 0 Å². The molecule has 134 valence electrons. The number of hydrogen-bond donors (Lipinski definition) is 2. The van der Waals surface area contributed by atoms with Crippen molar-refractivity contribution >= 4 is 21.6 Å². The molecule has 0 aromatic heterocycles. The van der Waals surface area contributed by atoms with E-state index in [1.165, 1.54) is 49.6 Å². The summed E-state index contributed by atoms with van der Waals surface area (Å²) in [7, 11) is -2.20. The van der Waals surface area contributed by atoms with Gasteiger partial charge in [-0.05, 0) is 36.8 Å². The molecule has 6 nitrogen and oxygen atoms in total. The van der Waals surface area contributed by atoms with Gasteiger partial charge in [-0.3, -0.25) is 4.79 Å². The van der Waals surface area contributed by atoms with Crippen LogP contribution in [0.1, 0.15) is 16.8 Å². The van der Waals surface area contributed by atoms with E-state index in [-0.39, 0.29) is 22.7 Å². The van der Waals surface area contributed by atoms with Crippen LogP contribution in [0.3, 0.4) is 0 Å². The molecule has 0 unspecified atom stereocenters. The monoisotopic (exact) mass is 366 g/mol. The minimum Gasteiger partial charge on any atom is -0.385 e. The molecule has 0 spiro atoms. The molecule has 0 saturated heterocycles. The smallest absolute Gasteiger partial charge is 0.255 e. The molecule has 0 aliphatic carbocycles. The molecule has 2 aromatic carbocycles. The number of rotatable bonds is 8. The number of sulfonamides is 1. The average Bonchev–Trinajstić information content (AvgIpc) is 2.61. The lowest BCUT2D eigenvalue weighted by atomic mass is 10.2. The first-order valence-corrected chi connectivity index (χ1v) is 9.07. The lowest BCUT2D eigenvalue weighted by molar-refractivity contribution is 0.102. The minimum atomic E-state index is -3.74. The Hall–Kier alpha value is -2.29. The number of nitrogens with one attached hydrogen (secondary N) is 2. The summed E-state index contributed by atoms with van der Waals surface area (Å²) in [6, 6.07) is 11.3. The number of hydrogen-bond acceptors (Lipinski definition) is 4. The first-order valence-electron chi connectivity index (χ1n) is 7.58. The van der Waals surface area contributed by atoms with E-state index >= 15 is 0 Å². The molecule has 2 aromatic rings. The first kappa shape index (κ1) is 19.0. The van der Waals surface area contributed by atoms with Gasteiger partial charge in [0.05, 0.1) is 10.6 Å². The molecule has 1 amide bonds. The topological polar surface area (TPSA) is 84.5 Å². The molecule has 0 aliphatic heterocycles. The molecule has 0 bridgehead atoms. The number of ether oxygens (including phenoxy) is 1. The van der Waals surface area contributed by atoms with Crippen molar-refractivity contribution in [3.05, 3.63) is 59.9 Å². The molecule has 8 heteroatoms. The lowest BCUT2D eigenvalue weighted by Gasteiger charge is -2.09. The van der Waals surface area contributed by atoms with Crippen LogP contribution in [0, 0.1) is 5.82 Å². The van der Waals surface area contributed by atoms with Crippen LogP contribution in [-0.4, -0.2) is 34.6 Å². The summed E-state index contributed by atoms with van der Waals surface area (Å²) >= 11 is 0. The van der Waals surface area contributed by atoms with Crippen molar-refractivity contribution < 1.29 is 22.3 Å². The van der Waals surface area contributed by atoms with E-state index in [2.05, 4.69) is 10.0 Å². The third-order valence-corrected chi connectivity index (χ3v) is 4.80. The SMILES string of the molecule is COCCCNS(=O)(=O)c1cccc(C(=O)Nc2ccccc2F)c1. The maximum atomic E-state index is 13.6. The number of para-hydroxylation sites is 1. The number of amides is 1. The highest BCUT2D eigenvalue weighted by atomic mass is 32.2. The van der Waals surface area contributed by atoms with Crippen molar-refractivity contribution in [1.29, 1.82) is 0 Å². The second kappa shape index (κ2) is 8.70. The standard InChI is InChI=1S/C17H19FN2O4S/c1-24-11-5-10-19-25(22,23)14-7-4-6-13(12-14)17(21)20-16-9-3-2-8-15(16)18/h2-4,6-9,12,19H,5,10-11H2,1H3,(H,20,21). The van der Waals surface area contributed by atoms with Gasteiger partial charge in [-0.15, -0.1) is 0 Å². The summed E-state index contributed by atoms with van der Waals surface area (Å²) in [5.41, 5.74) is 0.140. The Morgan fingerprint density at radius 1 is 1.16 bits per heavy atom. The zero-order valence-corrected chi connectivity index (χ0v) is 14.5. The van der Waals surface area contributed by atoms with Crippen LogP contribution in [0.5, 0.6) is 0 Å². The Morgan fingerprint density at radius 2 is 1.92 bits per heavy atom. The number of methoxy groups -OCH3 is 1. The van der Waals surface area contributed by atoms with Gasteiger partial charge in [0, 0.05) is 25.8 Å². The molecule has 0 atom stereocenters. The highest BCUT2D eigenvalue weighted by Crippen LogP contribution is 2.16. The fraction of sp³-hybridized carbons (Fsp3) is 0.235. The second-order valence-corrected chi connectivity index (χ2v) is 6.97. The van der Waals surface area contributed by atoms with E-state index in [1.54, 1.807) is 6.07 Å². The van der Waals surface area contributed by atoms with Crippen LogP contribution in [-0.2, 0) is 14.8 Å². The Labute approximate surface area is 146 Å². The summed E-state index contributed by atoms with van der Waals surface area (Å²) in [6.07, 6.45) is 0.531. The van der Waals surface area contributed by atoms with E-state index in [1.807, 2.05) is 0 Å². The zero-order chi connectivity index (χ0) is 18.3. The first-order chi connectivity index (χ1) is 11.9. The average molecular weight is 366 g/mol. The van der Waals surface area contributed by atoms with Gasteiger partial charge in [-0.1, -0.05) is 18.2 Å². The van der Waals surface area contributed by atoms with Crippen molar-refractivity contribution in [1.82, 2.24) is 4.72 Å². The fourth-order valence-electron chi connectivity index (χ4n) is 2.07. The normalized spacial score (nSPS) is 11.3. The Balaban J connectivity index is 2.12. The molecule has 0 fully saturated rings. The van der Waals surface area contributed by atoms with Gasteiger partial charge in [-0.25, -0.2) is 17.5 Å². The highest BCUT2D eigenvalue weighted by Gasteiger charge is 2.16. The molecule has 0 saturated carbocycles. The largest absolute Gasteiger partial charge is 0.385 e. The summed E-state index contributed by atoms with van der Waals surface area (Å²) in [6.45, 7) is 0.662. The van der Waals surface area contributed by atoms with Crippen LogP contribution in [0.2, 0.25) is 0 Å². The Morgan fingerprint density at radius 3 is 2.64 bits per heavy atom. The van der Waals surface area contributed by atoms with Crippen LogP contribution in [0.25, 0.3) is 0 Å². The molecule has 0 radical (unpaired) electrons. The van der Waals surface area contributed by atoms with Crippen LogP contribution in [0.15, 0.2) is 53.4 Å². The third kappa shape index (κ3) is 5.35. The van der Waals surface area contributed by atoms with E-state index < -0.39 is 21.7 Å².